The molecule has 0 aliphatic heterocycles. The smallest absolute Gasteiger partial charge is 0.152 e. The molecule has 2 nitrogen and oxygen atoms in total. The minimum atomic E-state index is 0.810. The van der Waals surface area contributed by atoms with Crippen LogP contribution in [0.3, 0.4) is 0 Å². The summed E-state index contributed by atoms with van der Waals surface area (Å²) in [7, 11) is 0. The van der Waals surface area contributed by atoms with E-state index in [-0.39, 0.29) is 0 Å². The fraction of sp³-hybridized carbons (Fsp3) is 0. The first-order valence-corrected chi connectivity index (χ1v) is 4.55. The molecule has 0 amide bonds. The van der Waals surface area contributed by atoms with Crippen molar-refractivity contribution in [1.29, 1.82) is 0 Å². The van der Waals surface area contributed by atoms with E-state index in [4.69, 9.17) is 4.42 Å². The topological polar surface area (TPSA) is 26.0 Å². The van der Waals surface area contributed by atoms with E-state index >= 15 is 0 Å². The molecular weight excluding hydrogens is 274 g/mol. The van der Waals surface area contributed by atoms with E-state index in [1.807, 2.05) is 6.07 Å². The summed E-state index contributed by atoms with van der Waals surface area (Å²) in [5.41, 5.74) is 0.826. The molecule has 0 saturated heterocycles. The molecule has 0 aromatic carbocycles. The van der Waals surface area contributed by atoms with Crippen LogP contribution in [0.4, 0.5) is 0 Å². The van der Waals surface area contributed by atoms with Gasteiger partial charge in [0.05, 0.1) is 16.1 Å². The van der Waals surface area contributed by atoms with Crippen LogP contribution in [0.15, 0.2) is 32.0 Å². The number of hydrogen-bond donors (Lipinski definition) is 0. The molecule has 2 aromatic heterocycles. The van der Waals surface area contributed by atoms with E-state index in [1.165, 1.54) is 0 Å². The quantitative estimate of drug-likeness (QED) is 0.690. The van der Waals surface area contributed by atoms with Gasteiger partial charge in [-0.05, 0) is 37.9 Å². The molecule has 0 unspecified atom stereocenters. The highest BCUT2D eigenvalue weighted by Crippen LogP contribution is 2.28. The fourth-order valence-electron chi connectivity index (χ4n) is 0.898. The van der Waals surface area contributed by atoms with Gasteiger partial charge in [-0.1, -0.05) is 0 Å². The van der Waals surface area contributed by atoms with Gasteiger partial charge in [0, 0.05) is 6.20 Å². The van der Waals surface area contributed by atoms with E-state index in [0.29, 0.717) is 0 Å². The standard InChI is InChI=1S/C7H3Br2NO/c8-5-3-10-7(9)4-1-2-11-6(4)5/h1-3H. The van der Waals surface area contributed by atoms with Crippen molar-refractivity contribution in [3.05, 3.63) is 27.6 Å². The molecule has 0 spiro atoms. The molecule has 0 aliphatic carbocycles. The zero-order chi connectivity index (χ0) is 7.84. The van der Waals surface area contributed by atoms with Crippen molar-refractivity contribution < 1.29 is 4.42 Å². The molecule has 0 N–H and O–H groups in total. The van der Waals surface area contributed by atoms with Crippen molar-refractivity contribution in [2.75, 3.05) is 0 Å². The van der Waals surface area contributed by atoms with Gasteiger partial charge < -0.3 is 4.42 Å². The monoisotopic (exact) mass is 275 g/mol. The number of pyridine rings is 1. The SMILES string of the molecule is Brc1ncc(Br)c2occc12. The van der Waals surface area contributed by atoms with E-state index in [1.54, 1.807) is 12.5 Å². The Morgan fingerprint density at radius 1 is 1.36 bits per heavy atom. The second kappa shape index (κ2) is 2.60. The van der Waals surface area contributed by atoms with Crippen molar-refractivity contribution in [3.63, 3.8) is 0 Å². The van der Waals surface area contributed by atoms with Gasteiger partial charge >= 0.3 is 0 Å². The maximum atomic E-state index is 5.21. The zero-order valence-electron chi connectivity index (χ0n) is 5.34. The van der Waals surface area contributed by atoms with Crippen molar-refractivity contribution >= 4 is 42.8 Å². The second-order valence-electron chi connectivity index (χ2n) is 2.06. The first-order chi connectivity index (χ1) is 5.29. The first kappa shape index (κ1) is 7.31. The van der Waals surface area contributed by atoms with Gasteiger partial charge in [-0.15, -0.1) is 0 Å². The van der Waals surface area contributed by atoms with Gasteiger partial charge in [0.15, 0.2) is 5.58 Å². The van der Waals surface area contributed by atoms with Crippen LogP contribution in [0.2, 0.25) is 0 Å². The molecule has 2 aromatic rings. The number of fused-ring (bicyclic) bond motifs is 1. The van der Waals surface area contributed by atoms with Crippen LogP contribution in [0.1, 0.15) is 0 Å². The largest absolute Gasteiger partial charge is 0.463 e. The molecule has 56 valence electrons. The van der Waals surface area contributed by atoms with Crippen LogP contribution in [0, 0.1) is 0 Å². The summed E-state index contributed by atoms with van der Waals surface area (Å²) in [6, 6.07) is 1.87. The Bertz CT molecular complexity index is 360. The van der Waals surface area contributed by atoms with E-state index in [2.05, 4.69) is 36.8 Å². The summed E-state index contributed by atoms with van der Waals surface area (Å²) in [4.78, 5) is 4.09. The maximum absolute atomic E-state index is 5.21. The highest BCUT2D eigenvalue weighted by molar-refractivity contribution is 9.11. The summed E-state index contributed by atoms with van der Waals surface area (Å²) in [5.74, 6) is 0. The molecular formula is C7H3Br2NO. The van der Waals surface area contributed by atoms with Crippen LogP contribution in [0.25, 0.3) is 11.0 Å². The Hall–Kier alpha value is -0.350. The van der Waals surface area contributed by atoms with Gasteiger partial charge in [-0.25, -0.2) is 4.98 Å². The van der Waals surface area contributed by atoms with Crippen LogP contribution >= 0.6 is 31.9 Å². The van der Waals surface area contributed by atoms with Crippen molar-refractivity contribution in [3.8, 4) is 0 Å². The summed E-state index contributed by atoms with van der Waals surface area (Å²) in [6.45, 7) is 0. The highest BCUT2D eigenvalue weighted by Gasteiger charge is 2.05. The van der Waals surface area contributed by atoms with E-state index in [0.717, 1.165) is 20.0 Å². The van der Waals surface area contributed by atoms with Crippen LogP contribution in [-0.2, 0) is 0 Å². The van der Waals surface area contributed by atoms with Gasteiger partial charge in [0.1, 0.15) is 4.60 Å². The predicted molar refractivity (Wildman–Crippen MR) is 49.4 cm³/mol. The molecule has 2 rings (SSSR count). The van der Waals surface area contributed by atoms with Crippen molar-refractivity contribution in [2.45, 2.75) is 0 Å². The second-order valence-corrected chi connectivity index (χ2v) is 3.67. The molecule has 0 bridgehead atoms. The third kappa shape index (κ3) is 1.10. The minimum absolute atomic E-state index is 0.810. The fourth-order valence-corrected chi connectivity index (χ4v) is 1.72. The number of halogens is 2. The molecule has 2 heterocycles. The zero-order valence-corrected chi connectivity index (χ0v) is 8.52. The summed E-state index contributed by atoms with van der Waals surface area (Å²) >= 11 is 6.65. The van der Waals surface area contributed by atoms with Crippen molar-refractivity contribution in [2.24, 2.45) is 0 Å². The Balaban J connectivity index is 2.96. The molecule has 0 saturated carbocycles. The lowest BCUT2D eigenvalue weighted by Gasteiger charge is -1.92. The Morgan fingerprint density at radius 2 is 2.18 bits per heavy atom. The third-order valence-corrected chi connectivity index (χ3v) is 2.59. The van der Waals surface area contributed by atoms with Gasteiger partial charge in [-0.2, -0.15) is 0 Å². The Morgan fingerprint density at radius 3 is 2.91 bits per heavy atom. The first-order valence-electron chi connectivity index (χ1n) is 2.96. The predicted octanol–water partition coefficient (Wildman–Crippen LogP) is 3.35. The Labute approximate surface area is 79.9 Å². The summed E-state index contributed by atoms with van der Waals surface area (Å²) < 4.78 is 6.90. The number of nitrogens with zero attached hydrogens (tertiary/aromatic N) is 1. The third-order valence-electron chi connectivity index (χ3n) is 1.40. The molecule has 0 atom stereocenters. The van der Waals surface area contributed by atoms with Crippen LogP contribution in [0.5, 0.6) is 0 Å². The van der Waals surface area contributed by atoms with Gasteiger partial charge in [0.2, 0.25) is 0 Å². The lowest BCUT2D eigenvalue weighted by molar-refractivity contribution is 0.613. The maximum Gasteiger partial charge on any atom is 0.152 e. The number of rotatable bonds is 0. The number of hydrogen-bond acceptors (Lipinski definition) is 2. The minimum Gasteiger partial charge on any atom is -0.463 e. The van der Waals surface area contributed by atoms with Crippen molar-refractivity contribution in [1.82, 2.24) is 4.98 Å². The van der Waals surface area contributed by atoms with E-state index < -0.39 is 0 Å². The molecule has 0 fully saturated rings. The molecule has 0 aliphatic rings. The molecule has 0 radical (unpaired) electrons. The van der Waals surface area contributed by atoms with Gasteiger partial charge in [-0.3, -0.25) is 0 Å². The molecule has 11 heavy (non-hydrogen) atoms. The van der Waals surface area contributed by atoms with Crippen LogP contribution in [-0.4, -0.2) is 4.98 Å². The Kier molecular flexibility index (Phi) is 1.73. The van der Waals surface area contributed by atoms with Crippen LogP contribution < -0.4 is 0 Å². The lowest BCUT2D eigenvalue weighted by Crippen LogP contribution is -1.75. The van der Waals surface area contributed by atoms with Gasteiger partial charge in [0.25, 0.3) is 0 Å². The average Bonchev–Trinajstić information content (AvgIpc) is 2.45. The summed E-state index contributed by atoms with van der Waals surface area (Å²) in [6.07, 6.45) is 3.35. The average molecular weight is 277 g/mol. The number of furan rings is 1. The normalized spacial score (nSPS) is 10.7. The lowest BCUT2D eigenvalue weighted by atomic mass is 10.3. The molecule has 4 heteroatoms. The summed E-state index contributed by atoms with van der Waals surface area (Å²) in [5, 5.41) is 0.986. The van der Waals surface area contributed by atoms with E-state index in [9.17, 15) is 0 Å². The highest BCUT2D eigenvalue weighted by atomic mass is 79.9. The number of aromatic nitrogens is 1.